The lowest BCUT2D eigenvalue weighted by Crippen LogP contribution is -2.13. The number of carbonyl (C=O) groups is 1. The molecule has 0 saturated heterocycles. The number of rotatable bonds is 4. The summed E-state index contributed by atoms with van der Waals surface area (Å²) < 4.78 is 1.72. The van der Waals surface area contributed by atoms with E-state index in [9.17, 15) is 4.79 Å². The minimum Gasteiger partial charge on any atom is -0.325 e. The number of amides is 1. The average Bonchev–Trinajstić information content (AvgIpc) is 2.76. The van der Waals surface area contributed by atoms with Crippen LogP contribution in [0, 0.1) is 6.92 Å². The highest BCUT2D eigenvalue weighted by Crippen LogP contribution is 2.17. The van der Waals surface area contributed by atoms with E-state index in [-0.39, 0.29) is 5.91 Å². The van der Waals surface area contributed by atoms with Gasteiger partial charge in [0.05, 0.1) is 11.9 Å². The van der Waals surface area contributed by atoms with Crippen LogP contribution < -0.4 is 5.32 Å². The van der Waals surface area contributed by atoms with Crippen molar-refractivity contribution in [2.45, 2.75) is 11.8 Å². The van der Waals surface area contributed by atoms with E-state index in [1.807, 2.05) is 44.4 Å². The fraction of sp³-hybridized carbons (Fsp3) is 0.231. The molecule has 4 nitrogen and oxygen atoms in total. The van der Waals surface area contributed by atoms with Gasteiger partial charge in [-0.15, -0.1) is 11.8 Å². The molecule has 2 aromatic rings. The van der Waals surface area contributed by atoms with Gasteiger partial charge in [0.25, 0.3) is 0 Å². The first-order valence-corrected chi connectivity index (χ1v) is 6.60. The van der Waals surface area contributed by atoms with Crippen LogP contribution in [0.4, 0.5) is 5.69 Å². The van der Waals surface area contributed by atoms with Crippen LogP contribution in [0.2, 0.25) is 0 Å². The van der Waals surface area contributed by atoms with E-state index < -0.39 is 0 Å². The standard InChI is InChI=1S/C13H15N3OS/c1-10-3-5-11(6-4-10)15-13(17)9-18-12-7-14-16(2)8-12/h3-8H,9H2,1-2H3,(H,15,17). The van der Waals surface area contributed by atoms with Gasteiger partial charge in [0.15, 0.2) is 0 Å². The van der Waals surface area contributed by atoms with E-state index in [0.29, 0.717) is 5.75 Å². The molecule has 1 amide bonds. The second-order valence-corrected chi connectivity index (χ2v) is 5.10. The first-order chi connectivity index (χ1) is 8.63. The summed E-state index contributed by atoms with van der Waals surface area (Å²) >= 11 is 1.48. The molecule has 1 N–H and O–H groups in total. The summed E-state index contributed by atoms with van der Waals surface area (Å²) in [5.74, 6) is 0.382. The summed E-state index contributed by atoms with van der Waals surface area (Å²) in [4.78, 5) is 12.7. The smallest absolute Gasteiger partial charge is 0.234 e. The van der Waals surface area contributed by atoms with Gasteiger partial charge in [0, 0.05) is 23.8 Å². The minimum absolute atomic E-state index is 0.00675. The predicted octanol–water partition coefficient (Wildman–Crippen LogP) is 2.46. The van der Waals surface area contributed by atoms with Gasteiger partial charge in [-0.2, -0.15) is 5.10 Å². The van der Waals surface area contributed by atoms with Gasteiger partial charge in [-0.05, 0) is 19.1 Å². The first kappa shape index (κ1) is 12.7. The number of thioether (sulfide) groups is 1. The third-order valence-electron chi connectivity index (χ3n) is 2.39. The quantitative estimate of drug-likeness (QED) is 0.860. The lowest BCUT2D eigenvalue weighted by Gasteiger charge is -2.04. The molecule has 0 atom stereocenters. The van der Waals surface area contributed by atoms with Crippen LogP contribution in [0.3, 0.4) is 0 Å². The average molecular weight is 261 g/mol. The maximum atomic E-state index is 11.7. The number of hydrogen-bond donors (Lipinski definition) is 1. The number of nitrogens with zero attached hydrogens (tertiary/aromatic N) is 2. The van der Waals surface area contributed by atoms with Crippen molar-refractivity contribution in [3.8, 4) is 0 Å². The molecular weight excluding hydrogens is 246 g/mol. The zero-order valence-corrected chi connectivity index (χ0v) is 11.2. The van der Waals surface area contributed by atoms with Crippen molar-refractivity contribution >= 4 is 23.4 Å². The Labute approximate surface area is 110 Å². The van der Waals surface area contributed by atoms with Crippen molar-refractivity contribution < 1.29 is 4.79 Å². The second-order valence-electron chi connectivity index (χ2n) is 4.05. The van der Waals surface area contributed by atoms with Crippen molar-refractivity contribution in [3.05, 3.63) is 42.2 Å². The number of nitrogens with one attached hydrogen (secondary N) is 1. The molecule has 0 unspecified atom stereocenters. The fourth-order valence-electron chi connectivity index (χ4n) is 1.46. The maximum Gasteiger partial charge on any atom is 0.234 e. The third kappa shape index (κ3) is 3.63. The summed E-state index contributed by atoms with van der Waals surface area (Å²) in [6.07, 6.45) is 3.65. The van der Waals surface area contributed by atoms with E-state index in [1.165, 1.54) is 17.3 Å². The number of anilines is 1. The largest absolute Gasteiger partial charge is 0.325 e. The number of hydrogen-bond acceptors (Lipinski definition) is 3. The highest BCUT2D eigenvalue weighted by Gasteiger charge is 2.04. The molecule has 0 fully saturated rings. The van der Waals surface area contributed by atoms with Crippen molar-refractivity contribution in [1.29, 1.82) is 0 Å². The summed E-state index contributed by atoms with van der Waals surface area (Å²) in [6.45, 7) is 2.02. The first-order valence-electron chi connectivity index (χ1n) is 5.61. The Morgan fingerprint density at radius 3 is 2.72 bits per heavy atom. The van der Waals surface area contributed by atoms with E-state index in [4.69, 9.17) is 0 Å². The molecule has 2 rings (SSSR count). The molecule has 0 saturated carbocycles. The van der Waals surface area contributed by atoms with Gasteiger partial charge < -0.3 is 5.32 Å². The SMILES string of the molecule is Cc1ccc(NC(=O)CSc2cnn(C)c2)cc1. The van der Waals surface area contributed by atoms with Crippen LogP contribution in [-0.2, 0) is 11.8 Å². The van der Waals surface area contributed by atoms with Crippen LogP contribution in [0.15, 0.2) is 41.6 Å². The van der Waals surface area contributed by atoms with Crippen LogP contribution in [0.25, 0.3) is 0 Å². The van der Waals surface area contributed by atoms with E-state index in [1.54, 1.807) is 10.9 Å². The number of aryl methyl sites for hydroxylation is 2. The second kappa shape index (κ2) is 5.73. The lowest BCUT2D eigenvalue weighted by atomic mass is 10.2. The molecule has 0 radical (unpaired) electrons. The Kier molecular flexibility index (Phi) is 4.04. The van der Waals surface area contributed by atoms with Crippen LogP contribution >= 0.6 is 11.8 Å². The minimum atomic E-state index is -0.00675. The lowest BCUT2D eigenvalue weighted by molar-refractivity contribution is -0.113. The Hall–Kier alpha value is -1.75. The number of carbonyl (C=O) groups excluding carboxylic acids is 1. The molecule has 94 valence electrons. The van der Waals surface area contributed by atoms with Crippen LogP contribution in [-0.4, -0.2) is 21.4 Å². The molecule has 1 heterocycles. The Balaban J connectivity index is 1.83. The summed E-state index contributed by atoms with van der Waals surface area (Å²) in [6, 6.07) is 7.76. The summed E-state index contributed by atoms with van der Waals surface area (Å²) in [5.41, 5.74) is 2.01. The van der Waals surface area contributed by atoms with Gasteiger partial charge in [-0.1, -0.05) is 17.7 Å². The van der Waals surface area contributed by atoms with Crippen molar-refractivity contribution in [2.75, 3.05) is 11.1 Å². The molecule has 0 spiro atoms. The molecule has 0 aliphatic heterocycles. The Bertz CT molecular complexity index is 533. The zero-order chi connectivity index (χ0) is 13.0. The maximum absolute atomic E-state index is 11.7. The topological polar surface area (TPSA) is 46.9 Å². The number of benzene rings is 1. The van der Waals surface area contributed by atoms with Crippen molar-refractivity contribution in [1.82, 2.24) is 9.78 Å². The highest BCUT2D eigenvalue weighted by atomic mass is 32.2. The van der Waals surface area contributed by atoms with Crippen LogP contribution in [0.5, 0.6) is 0 Å². The third-order valence-corrected chi connectivity index (χ3v) is 3.34. The monoisotopic (exact) mass is 261 g/mol. The van der Waals surface area contributed by atoms with Crippen molar-refractivity contribution in [3.63, 3.8) is 0 Å². The van der Waals surface area contributed by atoms with Crippen molar-refractivity contribution in [2.24, 2.45) is 7.05 Å². The Morgan fingerprint density at radius 2 is 2.11 bits per heavy atom. The molecular formula is C13H15N3OS. The molecule has 0 aliphatic carbocycles. The number of aromatic nitrogens is 2. The van der Waals surface area contributed by atoms with Gasteiger partial charge in [-0.3, -0.25) is 9.48 Å². The molecule has 18 heavy (non-hydrogen) atoms. The zero-order valence-electron chi connectivity index (χ0n) is 10.4. The molecule has 5 heteroatoms. The normalized spacial score (nSPS) is 10.3. The van der Waals surface area contributed by atoms with E-state index in [2.05, 4.69) is 10.4 Å². The molecule has 0 bridgehead atoms. The highest BCUT2D eigenvalue weighted by molar-refractivity contribution is 8.00. The van der Waals surface area contributed by atoms with Crippen LogP contribution in [0.1, 0.15) is 5.56 Å². The van der Waals surface area contributed by atoms with Gasteiger partial charge >= 0.3 is 0 Å². The van der Waals surface area contributed by atoms with Gasteiger partial charge in [0.2, 0.25) is 5.91 Å². The van der Waals surface area contributed by atoms with Gasteiger partial charge in [-0.25, -0.2) is 0 Å². The van der Waals surface area contributed by atoms with E-state index in [0.717, 1.165) is 10.6 Å². The molecule has 1 aromatic carbocycles. The molecule has 1 aromatic heterocycles. The summed E-state index contributed by atoms with van der Waals surface area (Å²) in [5, 5.41) is 6.91. The molecule has 0 aliphatic rings. The summed E-state index contributed by atoms with van der Waals surface area (Å²) in [7, 11) is 1.86. The Morgan fingerprint density at radius 1 is 1.39 bits per heavy atom. The predicted molar refractivity (Wildman–Crippen MR) is 73.7 cm³/mol. The fourth-order valence-corrected chi connectivity index (χ4v) is 2.17. The van der Waals surface area contributed by atoms with Gasteiger partial charge in [0.1, 0.15) is 0 Å². The van der Waals surface area contributed by atoms with E-state index >= 15 is 0 Å².